The Morgan fingerprint density at radius 1 is 1.31 bits per heavy atom. The fraction of sp³-hybridized carbons (Fsp3) is 0.400. The summed E-state index contributed by atoms with van der Waals surface area (Å²) in [7, 11) is 3.98. The summed E-state index contributed by atoms with van der Waals surface area (Å²) in [6, 6.07) is 5.82. The largest absolute Gasteiger partial charge is 0.507 e. The molecule has 2 nitrogen and oxygen atoms in total. The van der Waals surface area contributed by atoms with Crippen LogP contribution in [0.25, 0.3) is 0 Å². The Hall–Kier alpha value is -0.730. The molecule has 0 saturated carbocycles. The van der Waals surface area contributed by atoms with Crippen LogP contribution in [0.5, 0.6) is 5.75 Å². The SMILES string of the molecule is Cc1cccc(CN(C)C)c1O.Cl. The number of aromatic hydroxyl groups is 1. The lowest BCUT2D eigenvalue weighted by Crippen LogP contribution is -2.10. The van der Waals surface area contributed by atoms with Gasteiger partial charge in [0.2, 0.25) is 0 Å². The summed E-state index contributed by atoms with van der Waals surface area (Å²) in [5, 5.41) is 9.62. The molecule has 1 rings (SSSR count). The first-order chi connectivity index (χ1) is 5.61. The van der Waals surface area contributed by atoms with Crippen molar-refractivity contribution in [2.75, 3.05) is 14.1 Å². The number of benzene rings is 1. The van der Waals surface area contributed by atoms with Gasteiger partial charge < -0.3 is 10.0 Å². The van der Waals surface area contributed by atoms with Crippen molar-refractivity contribution in [1.82, 2.24) is 4.90 Å². The summed E-state index contributed by atoms with van der Waals surface area (Å²) in [5.74, 6) is 0.422. The number of halogens is 1. The van der Waals surface area contributed by atoms with Gasteiger partial charge in [0.25, 0.3) is 0 Å². The molecule has 0 fully saturated rings. The summed E-state index contributed by atoms with van der Waals surface area (Å²) < 4.78 is 0. The molecule has 3 heteroatoms. The van der Waals surface area contributed by atoms with Crippen LogP contribution in [0.4, 0.5) is 0 Å². The van der Waals surface area contributed by atoms with Gasteiger partial charge >= 0.3 is 0 Å². The number of rotatable bonds is 2. The van der Waals surface area contributed by atoms with Crippen molar-refractivity contribution in [1.29, 1.82) is 0 Å². The normalized spacial score (nSPS) is 9.85. The van der Waals surface area contributed by atoms with E-state index in [1.54, 1.807) is 0 Å². The Labute approximate surface area is 85.6 Å². The predicted molar refractivity (Wildman–Crippen MR) is 57.5 cm³/mol. The third kappa shape index (κ3) is 3.25. The number of phenols is 1. The van der Waals surface area contributed by atoms with Crippen LogP contribution in [0.3, 0.4) is 0 Å². The molecule has 1 aromatic rings. The van der Waals surface area contributed by atoms with Crippen molar-refractivity contribution in [3.63, 3.8) is 0 Å². The molecule has 0 amide bonds. The highest BCUT2D eigenvalue weighted by Crippen LogP contribution is 2.21. The quantitative estimate of drug-likeness (QED) is 0.793. The van der Waals surface area contributed by atoms with Crippen molar-refractivity contribution < 1.29 is 5.11 Å². The lowest BCUT2D eigenvalue weighted by Gasteiger charge is -2.11. The molecule has 0 bridgehead atoms. The van der Waals surface area contributed by atoms with Gasteiger partial charge in [-0.2, -0.15) is 0 Å². The summed E-state index contributed by atoms with van der Waals surface area (Å²) in [4.78, 5) is 2.04. The number of aryl methyl sites for hydroxylation is 1. The van der Waals surface area contributed by atoms with Crippen LogP contribution in [0, 0.1) is 6.92 Å². The highest BCUT2D eigenvalue weighted by atomic mass is 35.5. The summed E-state index contributed by atoms with van der Waals surface area (Å²) in [5.41, 5.74) is 1.93. The number of hydrogen-bond acceptors (Lipinski definition) is 2. The molecule has 0 saturated heterocycles. The van der Waals surface area contributed by atoms with Gasteiger partial charge in [0.1, 0.15) is 5.75 Å². The molecule has 0 radical (unpaired) electrons. The van der Waals surface area contributed by atoms with Gasteiger partial charge in [0.05, 0.1) is 0 Å². The van der Waals surface area contributed by atoms with E-state index in [0.717, 1.165) is 17.7 Å². The Kier molecular flexibility index (Phi) is 4.81. The first-order valence-electron chi connectivity index (χ1n) is 4.03. The fourth-order valence-electron chi connectivity index (χ4n) is 1.19. The topological polar surface area (TPSA) is 23.5 Å². The molecular weight excluding hydrogens is 186 g/mol. The average molecular weight is 202 g/mol. The second kappa shape index (κ2) is 5.10. The molecule has 74 valence electrons. The Morgan fingerprint density at radius 2 is 1.92 bits per heavy atom. The maximum atomic E-state index is 9.62. The molecule has 1 N–H and O–H groups in total. The van der Waals surface area contributed by atoms with E-state index < -0.39 is 0 Å². The number of nitrogens with zero attached hydrogens (tertiary/aromatic N) is 1. The minimum Gasteiger partial charge on any atom is -0.507 e. The zero-order chi connectivity index (χ0) is 9.14. The van der Waals surface area contributed by atoms with Gasteiger partial charge in [-0.05, 0) is 26.6 Å². The predicted octanol–water partition coefficient (Wildman–Crippen LogP) is 2.18. The van der Waals surface area contributed by atoms with Crippen LogP contribution in [-0.4, -0.2) is 24.1 Å². The van der Waals surface area contributed by atoms with E-state index >= 15 is 0 Å². The van der Waals surface area contributed by atoms with Gasteiger partial charge in [-0.3, -0.25) is 0 Å². The van der Waals surface area contributed by atoms with E-state index in [4.69, 9.17) is 0 Å². The van der Waals surface area contributed by atoms with E-state index in [9.17, 15) is 5.11 Å². The van der Waals surface area contributed by atoms with E-state index in [2.05, 4.69) is 0 Å². The molecule has 0 aliphatic heterocycles. The molecular formula is C10H16ClNO. The Bertz CT molecular complexity index is 274. The average Bonchev–Trinajstić information content (AvgIpc) is 1.98. The van der Waals surface area contributed by atoms with E-state index in [-0.39, 0.29) is 12.4 Å². The van der Waals surface area contributed by atoms with Gasteiger partial charge in [0.15, 0.2) is 0 Å². The standard InChI is InChI=1S/C10H15NO.ClH/c1-8-5-4-6-9(10(8)12)7-11(2)3;/h4-6,12H,7H2,1-3H3;1H. The molecule has 0 atom stereocenters. The monoisotopic (exact) mass is 201 g/mol. The smallest absolute Gasteiger partial charge is 0.122 e. The molecule has 13 heavy (non-hydrogen) atoms. The van der Waals surface area contributed by atoms with Gasteiger partial charge in [-0.1, -0.05) is 18.2 Å². The minimum atomic E-state index is 0. The van der Waals surface area contributed by atoms with Crippen molar-refractivity contribution in [3.8, 4) is 5.75 Å². The highest BCUT2D eigenvalue weighted by Gasteiger charge is 2.03. The van der Waals surface area contributed by atoms with Crippen molar-refractivity contribution in [2.24, 2.45) is 0 Å². The van der Waals surface area contributed by atoms with Crippen LogP contribution < -0.4 is 0 Å². The number of phenolic OH excluding ortho intramolecular Hbond substituents is 1. The third-order valence-electron chi connectivity index (χ3n) is 1.81. The zero-order valence-electron chi connectivity index (χ0n) is 8.24. The molecule has 0 aliphatic rings. The van der Waals surface area contributed by atoms with Crippen LogP contribution in [-0.2, 0) is 6.54 Å². The highest BCUT2D eigenvalue weighted by molar-refractivity contribution is 5.85. The summed E-state index contributed by atoms with van der Waals surface area (Å²) in [6.07, 6.45) is 0. The summed E-state index contributed by atoms with van der Waals surface area (Å²) >= 11 is 0. The molecule has 0 heterocycles. The second-order valence-corrected chi connectivity index (χ2v) is 3.32. The maximum Gasteiger partial charge on any atom is 0.122 e. The van der Waals surface area contributed by atoms with Gasteiger partial charge in [-0.25, -0.2) is 0 Å². The van der Waals surface area contributed by atoms with E-state index in [1.807, 2.05) is 44.1 Å². The molecule has 0 aliphatic carbocycles. The lowest BCUT2D eigenvalue weighted by molar-refractivity contribution is 0.385. The first-order valence-corrected chi connectivity index (χ1v) is 4.03. The molecule has 0 aromatic heterocycles. The zero-order valence-corrected chi connectivity index (χ0v) is 9.06. The van der Waals surface area contributed by atoms with Crippen LogP contribution >= 0.6 is 12.4 Å². The van der Waals surface area contributed by atoms with E-state index in [0.29, 0.717) is 5.75 Å². The van der Waals surface area contributed by atoms with E-state index in [1.165, 1.54) is 0 Å². The maximum absolute atomic E-state index is 9.62. The van der Waals surface area contributed by atoms with Crippen molar-refractivity contribution in [3.05, 3.63) is 29.3 Å². The third-order valence-corrected chi connectivity index (χ3v) is 1.81. The Morgan fingerprint density at radius 3 is 2.46 bits per heavy atom. The van der Waals surface area contributed by atoms with Gasteiger partial charge in [-0.15, -0.1) is 12.4 Å². The Balaban J connectivity index is 0.00000144. The van der Waals surface area contributed by atoms with Crippen LogP contribution in [0.2, 0.25) is 0 Å². The minimum absolute atomic E-state index is 0. The fourth-order valence-corrected chi connectivity index (χ4v) is 1.19. The lowest BCUT2D eigenvalue weighted by atomic mass is 10.1. The first kappa shape index (κ1) is 12.3. The van der Waals surface area contributed by atoms with Crippen molar-refractivity contribution in [2.45, 2.75) is 13.5 Å². The second-order valence-electron chi connectivity index (χ2n) is 3.32. The number of hydrogen-bond donors (Lipinski definition) is 1. The number of para-hydroxylation sites is 1. The molecule has 0 spiro atoms. The molecule has 0 unspecified atom stereocenters. The summed E-state index contributed by atoms with van der Waals surface area (Å²) in [6.45, 7) is 2.70. The van der Waals surface area contributed by atoms with Crippen molar-refractivity contribution >= 4 is 12.4 Å². The van der Waals surface area contributed by atoms with Gasteiger partial charge in [0, 0.05) is 12.1 Å². The van der Waals surface area contributed by atoms with Crippen LogP contribution in [0.15, 0.2) is 18.2 Å². The molecule has 1 aromatic carbocycles. The van der Waals surface area contributed by atoms with Crippen LogP contribution in [0.1, 0.15) is 11.1 Å².